The van der Waals surface area contributed by atoms with Crippen LogP contribution >= 0.6 is 11.6 Å². The van der Waals surface area contributed by atoms with Crippen molar-refractivity contribution in [2.45, 2.75) is 13.3 Å². The predicted octanol–water partition coefficient (Wildman–Crippen LogP) is 3.85. The summed E-state index contributed by atoms with van der Waals surface area (Å²) in [5, 5.41) is 3.74. The van der Waals surface area contributed by atoms with E-state index in [0.29, 0.717) is 24.1 Å². The van der Waals surface area contributed by atoms with Crippen LogP contribution in [0.2, 0.25) is 5.02 Å². The van der Waals surface area contributed by atoms with Crippen molar-refractivity contribution in [1.82, 2.24) is 0 Å². The summed E-state index contributed by atoms with van der Waals surface area (Å²) >= 11 is 5.92. The van der Waals surface area contributed by atoms with E-state index in [1.54, 1.807) is 7.11 Å². The van der Waals surface area contributed by atoms with Crippen molar-refractivity contribution in [2.75, 3.05) is 25.6 Å². The van der Waals surface area contributed by atoms with Crippen molar-refractivity contribution in [2.24, 2.45) is 10.7 Å². The van der Waals surface area contributed by atoms with E-state index in [9.17, 15) is 0 Å². The summed E-state index contributed by atoms with van der Waals surface area (Å²) in [4.78, 5) is 4.29. The lowest BCUT2D eigenvalue weighted by molar-refractivity contribution is 0.311. The molecule has 128 valence electrons. The molecule has 0 atom stereocenters. The van der Waals surface area contributed by atoms with Crippen molar-refractivity contribution in [3.8, 4) is 11.5 Å². The standard InChI is InChI=1S/C18H22ClN3O2/c1-13-12-14(19)8-9-16(13)24-11-5-10-21-18(20)22-15-6-3-4-7-17(15)23-2/h3-4,6-9,12H,5,10-11H2,1-2H3,(H3,20,21,22). The maximum atomic E-state index is 5.92. The van der Waals surface area contributed by atoms with Crippen LogP contribution in [0.3, 0.4) is 0 Å². The first-order valence-electron chi connectivity index (χ1n) is 7.69. The molecule has 6 heteroatoms. The van der Waals surface area contributed by atoms with Gasteiger partial charge in [0, 0.05) is 18.0 Å². The quantitative estimate of drug-likeness (QED) is 0.453. The fourth-order valence-corrected chi connectivity index (χ4v) is 2.37. The number of anilines is 1. The number of hydrogen-bond donors (Lipinski definition) is 2. The van der Waals surface area contributed by atoms with Crippen LogP contribution in [0.1, 0.15) is 12.0 Å². The molecule has 0 radical (unpaired) electrons. The van der Waals surface area contributed by atoms with Crippen LogP contribution in [0.15, 0.2) is 47.5 Å². The van der Waals surface area contributed by atoms with Crippen molar-refractivity contribution >= 4 is 23.2 Å². The number of hydrogen-bond acceptors (Lipinski definition) is 3. The van der Waals surface area contributed by atoms with Gasteiger partial charge in [0.05, 0.1) is 19.4 Å². The number of guanidine groups is 1. The smallest absolute Gasteiger partial charge is 0.193 e. The van der Waals surface area contributed by atoms with Crippen LogP contribution in [-0.2, 0) is 0 Å². The Morgan fingerprint density at radius 3 is 2.75 bits per heavy atom. The van der Waals surface area contributed by atoms with Crippen LogP contribution in [0, 0.1) is 6.92 Å². The zero-order valence-corrected chi connectivity index (χ0v) is 14.6. The number of aryl methyl sites for hydroxylation is 1. The first-order valence-corrected chi connectivity index (χ1v) is 8.07. The molecular formula is C18H22ClN3O2. The van der Waals surface area contributed by atoms with Gasteiger partial charge in [-0.2, -0.15) is 0 Å². The molecular weight excluding hydrogens is 326 g/mol. The lowest BCUT2D eigenvalue weighted by Gasteiger charge is -2.10. The van der Waals surface area contributed by atoms with E-state index < -0.39 is 0 Å². The van der Waals surface area contributed by atoms with Crippen molar-refractivity contribution in [3.63, 3.8) is 0 Å². The summed E-state index contributed by atoms with van der Waals surface area (Å²) in [5.41, 5.74) is 7.69. The van der Waals surface area contributed by atoms with E-state index in [2.05, 4.69) is 10.3 Å². The largest absolute Gasteiger partial charge is 0.495 e. The Labute approximate surface area is 147 Å². The van der Waals surface area contributed by atoms with Gasteiger partial charge in [-0.1, -0.05) is 23.7 Å². The second-order valence-corrected chi connectivity index (χ2v) is 5.64. The number of aliphatic imine (C=N–C) groups is 1. The maximum Gasteiger partial charge on any atom is 0.193 e. The first-order chi connectivity index (χ1) is 11.6. The number of para-hydroxylation sites is 2. The normalized spacial score (nSPS) is 11.2. The third-order valence-corrected chi connectivity index (χ3v) is 3.58. The average molecular weight is 348 g/mol. The Morgan fingerprint density at radius 1 is 1.21 bits per heavy atom. The molecule has 0 spiro atoms. The van der Waals surface area contributed by atoms with E-state index in [4.69, 9.17) is 26.8 Å². The van der Waals surface area contributed by atoms with Gasteiger partial charge in [-0.3, -0.25) is 4.99 Å². The Kier molecular flexibility index (Phi) is 6.75. The highest BCUT2D eigenvalue weighted by Gasteiger charge is 2.02. The van der Waals surface area contributed by atoms with Gasteiger partial charge in [0.15, 0.2) is 5.96 Å². The molecule has 0 amide bonds. The van der Waals surface area contributed by atoms with Crippen molar-refractivity contribution < 1.29 is 9.47 Å². The molecule has 0 fully saturated rings. The molecule has 0 aliphatic carbocycles. The van der Waals surface area contributed by atoms with Gasteiger partial charge in [0.25, 0.3) is 0 Å². The average Bonchev–Trinajstić information content (AvgIpc) is 2.57. The van der Waals surface area contributed by atoms with Gasteiger partial charge in [0.1, 0.15) is 11.5 Å². The summed E-state index contributed by atoms with van der Waals surface area (Å²) in [7, 11) is 1.62. The number of ether oxygens (including phenoxy) is 2. The molecule has 2 aromatic carbocycles. The Morgan fingerprint density at radius 2 is 2.00 bits per heavy atom. The highest BCUT2D eigenvalue weighted by Crippen LogP contribution is 2.23. The minimum absolute atomic E-state index is 0.349. The van der Waals surface area contributed by atoms with Crippen LogP contribution in [0.25, 0.3) is 0 Å². The van der Waals surface area contributed by atoms with Gasteiger partial charge < -0.3 is 20.5 Å². The molecule has 0 saturated carbocycles. The fourth-order valence-electron chi connectivity index (χ4n) is 2.15. The molecule has 0 aliphatic rings. The first kappa shape index (κ1) is 17.9. The topological polar surface area (TPSA) is 68.9 Å². The maximum absolute atomic E-state index is 5.92. The summed E-state index contributed by atoms with van der Waals surface area (Å²) in [6.07, 6.45) is 0.760. The van der Waals surface area contributed by atoms with Crippen molar-refractivity contribution in [1.29, 1.82) is 0 Å². The van der Waals surface area contributed by atoms with Crippen molar-refractivity contribution in [3.05, 3.63) is 53.1 Å². The second kappa shape index (κ2) is 9.03. The molecule has 2 rings (SSSR count). The molecule has 2 aromatic rings. The molecule has 3 N–H and O–H groups in total. The number of nitrogens with two attached hydrogens (primary N) is 1. The van der Waals surface area contributed by atoms with Gasteiger partial charge in [-0.25, -0.2) is 0 Å². The van der Waals surface area contributed by atoms with E-state index in [1.165, 1.54) is 0 Å². The lowest BCUT2D eigenvalue weighted by atomic mass is 10.2. The lowest BCUT2D eigenvalue weighted by Crippen LogP contribution is -2.23. The highest BCUT2D eigenvalue weighted by atomic mass is 35.5. The van der Waals surface area contributed by atoms with E-state index in [-0.39, 0.29) is 0 Å². The number of halogens is 1. The summed E-state index contributed by atoms with van der Waals surface area (Å²) in [6, 6.07) is 13.1. The third kappa shape index (κ3) is 5.35. The van der Waals surface area contributed by atoms with Crippen LogP contribution < -0.4 is 20.5 Å². The van der Waals surface area contributed by atoms with Crippen LogP contribution in [0.4, 0.5) is 5.69 Å². The summed E-state index contributed by atoms with van der Waals surface area (Å²) < 4.78 is 11.0. The number of nitrogens with zero attached hydrogens (tertiary/aromatic N) is 1. The van der Waals surface area contributed by atoms with Crippen LogP contribution in [0.5, 0.6) is 11.5 Å². The Bertz CT molecular complexity index is 704. The fraction of sp³-hybridized carbons (Fsp3) is 0.278. The Hall–Kier alpha value is -2.40. The zero-order chi connectivity index (χ0) is 17.4. The van der Waals surface area contributed by atoms with E-state index in [1.807, 2.05) is 49.4 Å². The summed E-state index contributed by atoms with van der Waals surface area (Å²) in [5.74, 6) is 1.91. The van der Waals surface area contributed by atoms with Gasteiger partial charge >= 0.3 is 0 Å². The Balaban J connectivity index is 1.77. The number of methoxy groups -OCH3 is 1. The number of rotatable bonds is 7. The van der Waals surface area contributed by atoms with Gasteiger partial charge in [-0.15, -0.1) is 0 Å². The monoisotopic (exact) mass is 347 g/mol. The van der Waals surface area contributed by atoms with E-state index >= 15 is 0 Å². The molecule has 0 saturated heterocycles. The van der Waals surface area contributed by atoms with Crippen LogP contribution in [-0.4, -0.2) is 26.2 Å². The molecule has 0 heterocycles. The third-order valence-electron chi connectivity index (χ3n) is 3.35. The number of benzene rings is 2. The van der Waals surface area contributed by atoms with E-state index in [0.717, 1.165) is 29.2 Å². The molecule has 0 aliphatic heterocycles. The molecule has 0 aromatic heterocycles. The highest BCUT2D eigenvalue weighted by molar-refractivity contribution is 6.30. The molecule has 0 bridgehead atoms. The SMILES string of the molecule is COc1ccccc1NC(N)=NCCCOc1ccc(Cl)cc1C. The zero-order valence-electron chi connectivity index (χ0n) is 13.9. The molecule has 5 nitrogen and oxygen atoms in total. The summed E-state index contributed by atoms with van der Waals surface area (Å²) in [6.45, 7) is 3.10. The minimum Gasteiger partial charge on any atom is -0.495 e. The number of nitrogens with one attached hydrogen (secondary N) is 1. The van der Waals surface area contributed by atoms with Gasteiger partial charge in [-0.05, 0) is 42.8 Å². The second-order valence-electron chi connectivity index (χ2n) is 5.20. The minimum atomic E-state index is 0.349. The van der Waals surface area contributed by atoms with Gasteiger partial charge in [0.2, 0.25) is 0 Å². The molecule has 24 heavy (non-hydrogen) atoms. The molecule has 0 unspecified atom stereocenters. The predicted molar refractivity (Wildman–Crippen MR) is 99.4 cm³/mol.